The second-order valence-electron chi connectivity index (χ2n) is 5.86. The van der Waals surface area contributed by atoms with Crippen LogP contribution < -0.4 is 4.90 Å². The average molecular weight is 360 g/mol. The lowest BCUT2D eigenvalue weighted by Crippen LogP contribution is -2.16. The Hall–Kier alpha value is -1.85. The molecule has 4 nitrogen and oxygen atoms in total. The maximum absolute atomic E-state index is 10.7. The van der Waals surface area contributed by atoms with Gasteiger partial charge in [0.05, 0.1) is 11.6 Å². The molecule has 0 radical (unpaired) electrons. The lowest BCUT2D eigenvalue weighted by molar-refractivity contribution is 0.728. The van der Waals surface area contributed by atoms with Crippen LogP contribution >= 0.6 is 23.4 Å². The van der Waals surface area contributed by atoms with E-state index in [0.29, 0.717) is 11.7 Å². The number of hydrogen-bond donors (Lipinski definition) is 0. The van der Waals surface area contributed by atoms with Crippen molar-refractivity contribution >= 4 is 34.6 Å². The lowest BCUT2D eigenvalue weighted by Gasteiger charge is -2.13. The van der Waals surface area contributed by atoms with Crippen LogP contribution in [0.5, 0.6) is 0 Å². The third-order valence-corrected chi connectivity index (χ3v) is 5.17. The Morgan fingerprint density at radius 3 is 2.92 bits per heavy atom. The highest BCUT2D eigenvalue weighted by Crippen LogP contribution is 2.38. The van der Waals surface area contributed by atoms with Crippen molar-refractivity contribution in [1.29, 1.82) is 0 Å². The quantitative estimate of drug-likeness (QED) is 0.436. The minimum absolute atomic E-state index is 0.137. The predicted octanol–water partition coefficient (Wildman–Crippen LogP) is 4.82. The second-order valence-corrected chi connectivity index (χ2v) is 7.08. The molecule has 0 aliphatic carbocycles. The second kappa shape index (κ2) is 6.95. The Labute approximate surface area is 150 Å². The zero-order valence-corrected chi connectivity index (χ0v) is 15.2. The van der Waals surface area contributed by atoms with E-state index < -0.39 is 0 Å². The molecule has 3 rings (SSSR count). The smallest absolute Gasteiger partial charge is 0.130 e. The van der Waals surface area contributed by atoms with E-state index in [9.17, 15) is 4.91 Å². The molecule has 1 unspecified atom stereocenters. The highest BCUT2D eigenvalue weighted by atomic mass is 35.5. The van der Waals surface area contributed by atoms with Crippen molar-refractivity contribution in [3.05, 3.63) is 63.7 Å². The summed E-state index contributed by atoms with van der Waals surface area (Å²) in [5, 5.41) is 4.41. The third kappa shape index (κ3) is 3.19. The number of likely N-dealkylation sites (N-methyl/N-ethyl adjacent to an activating group) is 1. The number of rotatable bonds is 5. The van der Waals surface area contributed by atoms with E-state index in [1.54, 1.807) is 11.8 Å². The number of fused-ring (bicyclic) bond motifs is 1. The third-order valence-electron chi connectivity index (χ3n) is 4.34. The van der Waals surface area contributed by atoms with Gasteiger partial charge in [0.2, 0.25) is 0 Å². The molecule has 24 heavy (non-hydrogen) atoms. The maximum atomic E-state index is 10.7. The molecule has 0 fully saturated rings. The van der Waals surface area contributed by atoms with Gasteiger partial charge in [-0.2, -0.15) is 4.91 Å². The molecule has 0 amide bonds. The summed E-state index contributed by atoms with van der Waals surface area (Å²) in [4.78, 5) is 17.1. The molecule has 1 aromatic heterocycles. The van der Waals surface area contributed by atoms with Crippen LogP contribution in [0.3, 0.4) is 0 Å². The van der Waals surface area contributed by atoms with Crippen molar-refractivity contribution in [3.8, 4) is 0 Å². The first kappa shape index (κ1) is 17.0. The highest BCUT2D eigenvalue weighted by Gasteiger charge is 2.27. The molecular weight excluding hydrogens is 342 g/mol. The number of pyridine rings is 1. The van der Waals surface area contributed by atoms with Gasteiger partial charge < -0.3 is 4.90 Å². The fourth-order valence-electron chi connectivity index (χ4n) is 3.11. The van der Waals surface area contributed by atoms with Gasteiger partial charge in [-0.25, -0.2) is 4.98 Å². The Kier molecular flexibility index (Phi) is 4.92. The number of halogens is 1. The van der Waals surface area contributed by atoms with Gasteiger partial charge >= 0.3 is 0 Å². The molecule has 0 bridgehead atoms. The van der Waals surface area contributed by atoms with Gasteiger partial charge in [0.25, 0.3) is 0 Å². The number of nitrogens with zero attached hydrogens (tertiary/aromatic N) is 3. The summed E-state index contributed by atoms with van der Waals surface area (Å²) < 4.78 is 0. The minimum Gasteiger partial charge on any atom is -0.374 e. The number of aromatic nitrogens is 1. The molecule has 0 N–H and O–H groups in total. The van der Waals surface area contributed by atoms with Crippen molar-refractivity contribution in [2.75, 3.05) is 31.3 Å². The molecule has 0 saturated heterocycles. The van der Waals surface area contributed by atoms with Gasteiger partial charge in [0, 0.05) is 25.2 Å². The highest BCUT2D eigenvalue weighted by molar-refractivity contribution is 7.98. The fraction of sp³-hybridized carbons (Fsp3) is 0.278. The molecule has 1 atom stereocenters. The van der Waals surface area contributed by atoms with Crippen LogP contribution in [0.25, 0.3) is 5.57 Å². The predicted molar refractivity (Wildman–Crippen MR) is 102 cm³/mol. The minimum atomic E-state index is 0.137. The van der Waals surface area contributed by atoms with E-state index in [-0.39, 0.29) is 5.92 Å². The van der Waals surface area contributed by atoms with E-state index in [4.69, 9.17) is 11.6 Å². The summed E-state index contributed by atoms with van der Waals surface area (Å²) in [5.41, 5.74) is 5.17. The van der Waals surface area contributed by atoms with Crippen molar-refractivity contribution in [1.82, 2.24) is 4.98 Å². The van der Waals surface area contributed by atoms with Crippen LogP contribution in [-0.2, 0) is 0 Å². The summed E-state index contributed by atoms with van der Waals surface area (Å²) in [5.74, 6) is 0.137. The zero-order chi connectivity index (χ0) is 17.3. The molecule has 0 spiro atoms. The molecular formula is C18H18ClN3OS. The van der Waals surface area contributed by atoms with Gasteiger partial charge in [-0.15, -0.1) is 11.8 Å². The van der Waals surface area contributed by atoms with E-state index in [1.165, 1.54) is 0 Å². The summed E-state index contributed by atoms with van der Waals surface area (Å²) in [6.07, 6.45) is 1.97. The summed E-state index contributed by atoms with van der Waals surface area (Å²) in [6.45, 7) is 5.34. The van der Waals surface area contributed by atoms with E-state index in [0.717, 1.165) is 39.5 Å². The van der Waals surface area contributed by atoms with Crippen LogP contribution in [0.15, 0.2) is 47.1 Å². The van der Waals surface area contributed by atoms with Crippen molar-refractivity contribution in [2.24, 2.45) is 5.18 Å². The van der Waals surface area contributed by atoms with Gasteiger partial charge in [0.15, 0.2) is 0 Å². The molecule has 124 valence electrons. The van der Waals surface area contributed by atoms with Crippen LogP contribution in [0.2, 0.25) is 5.15 Å². The Morgan fingerprint density at radius 2 is 2.21 bits per heavy atom. The molecule has 1 aliphatic rings. The van der Waals surface area contributed by atoms with E-state index in [2.05, 4.69) is 39.8 Å². The number of benzene rings is 1. The van der Waals surface area contributed by atoms with Crippen molar-refractivity contribution in [2.45, 2.75) is 10.9 Å². The molecule has 2 heterocycles. The number of hydrogen-bond acceptors (Lipinski definition) is 5. The normalized spacial score (nSPS) is 16.1. The molecule has 1 aliphatic heterocycles. The maximum Gasteiger partial charge on any atom is 0.130 e. The largest absolute Gasteiger partial charge is 0.374 e. The Morgan fingerprint density at radius 1 is 1.42 bits per heavy atom. The first-order chi connectivity index (χ1) is 11.5. The van der Waals surface area contributed by atoms with Gasteiger partial charge in [-0.05, 0) is 52.8 Å². The van der Waals surface area contributed by atoms with Crippen molar-refractivity contribution < 1.29 is 0 Å². The topological polar surface area (TPSA) is 45.6 Å². The standard InChI is InChI=1S/C18H18ClN3OS/c1-11(13-7-17(19)21-18(8-13)24-3)12-4-5-16-15(6-12)14(9-20-23)10-22(16)2/h4-8,14H,1,9-10H2,2-3H3. The average Bonchev–Trinajstić information content (AvgIpc) is 2.89. The zero-order valence-electron chi connectivity index (χ0n) is 13.6. The van der Waals surface area contributed by atoms with Crippen molar-refractivity contribution in [3.63, 3.8) is 0 Å². The van der Waals surface area contributed by atoms with Crippen LogP contribution in [0, 0.1) is 4.91 Å². The summed E-state index contributed by atoms with van der Waals surface area (Å²) in [7, 11) is 2.03. The van der Waals surface area contributed by atoms with Gasteiger partial charge in [-0.3, -0.25) is 0 Å². The number of anilines is 1. The van der Waals surface area contributed by atoms with Crippen LogP contribution in [-0.4, -0.2) is 31.4 Å². The Balaban J connectivity index is 1.99. The van der Waals surface area contributed by atoms with Gasteiger partial charge in [0.1, 0.15) is 5.15 Å². The van der Waals surface area contributed by atoms with Crippen LogP contribution in [0.1, 0.15) is 22.6 Å². The summed E-state index contributed by atoms with van der Waals surface area (Å²) in [6, 6.07) is 10.1. The molecule has 6 heteroatoms. The lowest BCUT2D eigenvalue weighted by atomic mass is 9.94. The summed E-state index contributed by atoms with van der Waals surface area (Å²) >= 11 is 7.66. The van der Waals surface area contributed by atoms with E-state index >= 15 is 0 Å². The SMILES string of the molecule is C=C(c1cc(Cl)nc(SC)c1)c1ccc2c(c1)C(CN=O)CN2C. The fourth-order valence-corrected chi connectivity index (χ4v) is 3.80. The Bertz CT molecular complexity index is 809. The van der Waals surface area contributed by atoms with Crippen LogP contribution in [0.4, 0.5) is 5.69 Å². The first-order valence-electron chi connectivity index (χ1n) is 7.59. The number of nitroso groups, excluding NO2 is 1. The van der Waals surface area contributed by atoms with Gasteiger partial charge in [-0.1, -0.05) is 29.4 Å². The molecule has 2 aromatic rings. The first-order valence-corrected chi connectivity index (χ1v) is 9.19. The van der Waals surface area contributed by atoms with E-state index in [1.807, 2.05) is 25.4 Å². The monoisotopic (exact) mass is 359 g/mol. The number of thioether (sulfide) groups is 1. The molecule has 1 aromatic carbocycles. The molecule has 0 saturated carbocycles.